The molecule has 0 aromatic carbocycles. The van der Waals surface area contributed by atoms with Crippen LogP contribution in [-0.2, 0) is 38.0 Å². The Hall–Kier alpha value is -2.14. The van der Waals surface area contributed by atoms with E-state index >= 15 is 0 Å². The maximum atomic E-state index is 12.4. The predicted octanol–water partition coefficient (Wildman–Crippen LogP) is -7.57. The molecule has 9 unspecified atom stereocenters. The maximum Gasteiger partial charge on any atom is 0.364 e. The van der Waals surface area contributed by atoms with Gasteiger partial charge in [-0.3, -0.25) is 4.79 Å². The molecule has 1 amide bonds. The summed E-state index contributed by atoms with van der Waals surface area (Å²) in [6.45, 7) is -2.03. The van der Waals surface area contributed by atoms with E-state index in [1.165, 1.54) is 0 Å². The number of amides is 1. The highest BCUT2D eigenvalue weighted by molar-refractivity contribution is 5.76. The number of hydrogen-bond acceptors (Lipinski definition) is 18. The summed E-state index contributed by atoms with van der Waals surface area (Å²) in [6.07, 6.45) is -21.1. The number of carbonyl (C=O) groups is 2. The van der Waals surface area contributed by atoms with E-state index < -0.39 is 136 Å². The highest BCUT2D eigenvalue weighted by atomic mass is 16.8. The second kappa shape index (κ2) is 16.3. The molecule has 0 bridgehead atoms. The first kappa shape index (κ1) is 38.3. The Bertz CT molecular complexity index is 1060. The molecule has 12 N–H and O–H groups in total. The lowest BCUT2D eigenvalue weighted by molar-refractivity contribution is -0.366. The Kier molecular flexibility index (Phi) is 13.6. The van der Waals surface area contributed by atoms with Crippen LogP contribution in [-0.4, -0.2) is 192 Å². The third-order valence-electron chi connectivity index (χ3n) is 7.78. The summed E-state index contributed by atoms with van der Waals surface area (Å²) < 4.78 is 32.5. The number of carbonyl (C=O) groups excluding carboxylic acids is 1. The van der Waals surface area contributed by atoms with Crippen LogP contribution in [0.15, 0.2) is 0 Å². The minimum atomic E-state index is -2.83. The van der Waals surface area contributed by atoms with E-state index in [1.807, 2.05) is 0 Å². The summed E-state index contributed by atoms with van der Waals surface area (Å²) in [5.41, 5.74) is 0. The SMILES string of the molecule is C#CCO[C@@H]1OC(CO)[C@@H](O[C@@H]2OC(CO[C@]3(C(=O)O)CC(O)C(NC(C)=O)C([C@H](O)[C@H](O)CO)O3)[C@H](O)C(O)C2O)C(O)C1O. The van der Waals surface area contributed by atoms with Crippen molar-refractivity contribution in [3.63, 3.8) is 0 Å². The van der Waals surface area contributed by atoms with E-state index in [-0.39, 0.29) is 6.61 Å². The fourth-order valence-corrected chi connectivity index (χ4v) is 5.30. The van der Waals surface area contributed by atoms with E-state index in [9.17, 15) is 65.8 Å². The van der Waals surface area contributed by atoms with Crippen molar-refractivity contribution in [2.24, 2.45) is 0 Å². The van der Waals surface area contributed by atoms with Crippen LogP contribution in [0.1, 0.15) is 13.3 Å². The van der Waals surface area contributed by atoms with Gasteiger partial charge in [-0.2, -0.15) is 0 Å². The number of carboxylic acids is 1. The molecule has 0 aromatic heterocycles. The van der Waals surface area contributed by atoms with E-state index in [4.69, 9.17) is 34.8 Å². The standard InChI is InChI=1S/C26H41NO19/c1-3-4-41-23-20(38)18(36)21(12(7-29)43-23)45-24-19(37)17(35)16(34)13(44-24)8-42-26(25(39)40)5-10(31)14(27-9(2)30)22(46-26)15(33)11(32)6-28/h1,10-24,28-29,31-38H,4-8H2,2H3,(H,27,30)(H,39,40)/t10?,11-,12?,13?,14?,15-,16+,17?,18?,19?,20?,21-,22?,23-,24+,26-/m1/s1. The van der Waals surface area contributed by atoms with Gasteiger partial charge >= 0.3 is 5.97 Å². The Morgan fingerprint density at radius 2 is 1.61 bits per heavy atom. The summed E-state index contributed by atoms with van der Waals surface area (Å²) in [4.78, 5) is 24.1. The number of hydrogen-bond donors (Lipinski definition) is 12. The molecule has 0 aromatic rings. The first-order valence-electron chi connectivity index (χ1n) is 14.1. The minimum absolute atomic E-state index is 0.317. The molecule has 3 aliphatic rings. The zero-order valence-electron chi connectivity index (χ0n) is 24.5. The fourth-order valence-electron chi connectivity index (χ4n) is 5.30. The topological polar surface area (TPSA) is 324 Å². The van der Waals surface area contributed by atoms with Gasteiger partial charge in [0, 0.05) is 13.3 Å². The maximum absolute atomic E-state index is 12.4. The lowest BCUT2D eigenvalue weighted by Crippen LogP contribution is -2.68. The van der Waals surface area contributed by atoms with Gasteiger partial charge in [0.1, 0.15) is 73.8 Å². The number of ether oxygens (including phenoxy) is 6. The quantitative estimate of drug-likeness (QED) is 0.0809. The molecule has 0 radical (unpaired) electrons. The van der Waals surface area contributed by atoms with E-state index in [2.05, 4.69) is 11.2 Å². The van der Waals surface area contributed by atoms with Crippen LogP contribution in [0, 0.1) is 12.3 Å². The van der Waals surface area contributed by atoms with Crippen molar-refractivity contribution < 1.29 is 94.2 Å². The Morgan fingerprint density at radius 3 is 2.17 bits per heavy atom. The van der Waals surface area contributed by atoms with Gasteiger partial charge in [0.05, 0.1) is 32.0 Å². The molecule has 16 atom stereocenters. The van der Waals surface area contributed by atoms with Gasteiger partial charge in [0.2, 0.25) is 5.91 Å². The van der Waals surface area contributed by atoms with Crippen LogP contribution < -0.4 is 5.32 Å². The lowest BCUT2D eigenvalue weighted by atomic mass is 9.88. The molecule has 0 saturated carbocycles. The molecule has 3 saturated heterocycles. The predicted molar refractivity (Wildman–Crippen MR) is 143 cm³/mol. The van der Waals surface area contributed by atoms with Gasteiger partial charge in [-0.15, -0.1) is 6.42 Å². The van der Waals surface area contributed by atoms with Crippen LogP contribution in [0.5, 0.6) is 0 Å². The van der Waals surface area contributed by atoms with Crippen molar-refractivity contribution in [3.05, 3.63) is 0 Å². The first-order chi connectivity index (χ1) is 21.6. The molecule has 0 aliphatic carbocycles. The Balaban J connectivity index is 1.80. The average Bonchev–Trinajstić information content (AvgIpc) is 3.02. The molecule has 264 valence electrons. The zero-order valence-corrected chi connectivity index (χ0v) is 24.5. The Morgan fingerprint density at radius 1 is 0.978 bits per heavy atom. The van der Waals surface area contributed by atoms with Crippen molar-refractivity contribution in [2.75, 3.05) is 26.4 Å². The fraction of sp³-hybridized carbons (Fsp3) is 0.846. The number of aliphatic hydroxyl groups is 10. The van der Waals surface area contributed by atoms with Crippen molar-refractivity contribution in [1.29, 1.82) is 0 Å². The highest BCUT2D eigenvalue weighted by Gasteiger charge is 2.57. The summed E-state index contributed by atoms with van der Waals surface area (Å²) in [7, 11) is 0. The number of carboxylic acid groups (broad SMARTS) is 1. The third-order valence-corrected chi connectivity index (χ3v) is 7.78. The third kappa shape index (κ3) is 8.28. The molecule has 46 heavy (non-hydrogen) atoms. The van der Waals surface area contributed by atoms with Crippen molar-refractivity contribution >= 4 is 11.9 Å². The second-order valence-electron chi connectivity index (χ2n) is 11.0. The van der Waals surface area contributed by atoms with Gasteiger partial charge in [-0.05, 0) is 0 Å². The molecular weight excluding hydrogens is 630 g/mol. The summed E-state index contributed by atoms with van der Waals surface area (Å²) in [5.74, 6) is -3.28. The molecule has 3 aliphatic heterocycles. The number of terminal acetylenes is 1. The smallest absolute Gasteiger partial charge is 0.364 e. The summed E-state index contributed by atoms with van der Waals surface area (Å²) in [6, 6.07) is -1.48. The number of aliphatic hydroxyl groups excluding tert-OH is 10. The van der Waals surface area contributed by atoms with Crippen molar-refractivity contribution in [1.82, 2.24) is 5.32 Å². The van der Waals surface area contributed by atoms with Gasteiger partial charge < -0.3 is 89.9 Å². The minimum Gasteiger partial charge on any atom is -0.477 e. The summed E-state index contributed by atoms with van der Waals surface area (Å²) >= 11 is 0. The van der Waals surface area contributed by atoms with Crippen molar-refractivity contribution in [2.45, 2.75) is 111 Å². The monoisotopic (exact) mass is 671 g/mol. The first-order valence-corrected chi connectivity index (χ1v) is 14.1. The average molecular weight is 672 g/mol. The normalized spacial score (nSPS) is 42.9. The lowest BCUT2D eigenvalue weighted by Gasteiger charge is -2.48. The van der Waals surface area contributed by atoms with E-state index in [1.54, 1.807) is 0 Å². The summed E-state index contributed by atoms with van der Waals surface area (Å²) in [5, 5.41) is 115. The second-order valence-corrected chi connectivity index (χ2v) is 11.0. The molecule has 20 heteroatoms. The largest absolute Gasteiger partial charge is 0.477 e. The van der Waals surface area contributed by atoms with Gasteiger partial charge in [0.25, 0.3) is 5.79 Å². The van der Waals surface area contributed by atoms with Crippen LogP contribution in [0.3, 0.4) is 0 Å². The van der Waals surface area contributed by atoms with E-state index in [0.29, 0.717) is 0 Å². The number of nitrogens with one attached hydrogen (secondary N) is 1. The van der Waals surface area contributed by atoms with Crippen LogP contribution in [0.2, 0.25) is 0 Å². The highest BCUT2D eigenvalue weighted by Crippen LogP contribution is 2.35. The molecule has 20 nitrogen and oxygen atoms in total. The molecule has 3 fully saturated rings. The molecule has 0 spiro atoms. The molecular formula is C26H41NO19. The molecule has 3 rings (SSSR count). The van der Waals surface area contributed by atoms with Gasteiger partial charge in [-0.1, -0.05) is 5.92 Å². The van der Waals surface area contributed by atoms with Crippen molar-refractivity contribution in [3.8, 4) is 12.3 Å². The number of aliphatic carboxylic acids is 1. The van der Waals surface area contributed by atoms with Gasteiger partial charge in [0.15, 0.2) is 12.6 Å². The number of rotatable bonds is 13. The Labute approximate surface area is 261 Å². The van der Waals surface area contributed by atoms with Gasteiger partial charge in [-0.25, -0.2) is 4.79 Å². The molecule has 3 heterocycles. The van der Waals surface area contributed by atoms with Crippen LogP contribution >= 0.6 is 0 Å². The van der Waals surface area contributed by atoms with Crippen LogP contribution in [0.25, 0.3) is 0 Å². The van der Waals surface area contributed by atoms with E-state index in [0.717, 1.165) is 6.92 Å². The van der Waals surface area contributed by atoms with Crippen LogP contribution in [0.4, 0.5) is 0 Å². The zero-order chi connectivity index (χ0) is 34.5.